The van der Waals surface area contributed by atoms with E-state index in [0.717, 1.165) is 42.8 Å². The smallest absolute Gasteiger partial charge is 0.315 e. The number of carbonyl (C=O) groups excluding carboxylic acids is 1. The van der Waals surface area contributed by atoms with Crippen molar-refractivity contribution in [3.8, 4) is 0 Å². The van der Waals surface area contributed by atoms with Crippen LogP contribution in [0.5, 0.6) is 0 Å². The Balaban J connectivity index is 2.53. The van der Waals surface area contributed by atoms with Crippen LogP contribution in [0.15, 0.2) is 30.8 Å². The highest BCUT2D eigenvalue weighted by atomic mass is 16.2. The first kappa shape index (κ1) is 20.2. The molecule has 0 heterocycles. The molecule has 0 aromatic heterocycles. The fourth-order valence-corrected chi connectivity index (χ4v) is 2.72. The molecule has 0 aliphatic heterocycles. The van der Waals surface area contributed by atoms with Crippen LogP contribution in [0.4, 0.5) is 4.79 Å². The summed E-state index contributed by atoms with van der Waals surface area (Å²) in [5, 5.41) is 6.04. The third-order valence-electron chi connectivity index (χ3n) is 4.50. The van der Waals surface area contributed by atoms with Crippen LogP contribution in [-0.2, 0) is 5.54 Å². The van der Waals surface area contributed by atoms with Gasteiger partial charge < -0.3 is 15.5 Å². The van der Waals surface area contributed by atoms with Crippen LogP contribution in [0.25, 0.3) is 5.57 Å². The van der Waals surface area contributed by atoms with Gasteiger partial charge in [0, 0.05) is 13.0 Å². The minimum atomic E-state index is -0.431. The fraction of sp³-hybridized carbons (Fsp3) is 0.550. The molecule has 1 aromatic carbocycles. The minimum Gasteiger partial charge on any atom is -0.338 e. The summed E-state index contributed by atoms with van der Waals surface area (Å²) < 4.78 is 0. The molecular formula is C20H34N3O+. The van der Waals surface area contributed by atoms with Crippen molar-refractivity contribution in [2.24, 2.45) is 0 Å². The zero-order valence-corrected chi connectivity index (χ0v) is 16.0. The van der Waals surface area contributed by atoms with Gasteiger partial charge in [0.15, 0.2) is 0 Å². The second kappa shape index (κ2) is 9.48. The van der Waals surface area contributed by atoms with E-state index in [1.54, 1.807) is 4.90 Å². The Bertz CT molecular complexity index is 548. The van der Waals surface area contributed by atoms with Crippen molar-refractivity contribution in [3.63, 3.8) is 0 Å². The molecule has 0 radical (unpaired) electrons. The van der Waals surface area contributed by atoms with Crippen molar-refractivity contribution in [1.29, 1.82) is 0 Å². The Kier molecular flexibility index (Phi) is 7.99. The van der Waals surface area contributed by atoms with Gasteiger partial charge in [-0.3, -0.25) is 0 Å². The molecule has 134 valence electrons. The number of amides is 2. The third-order valence-corrected chi connectivity index (χ3v) is 4.50. The molecule has 1 rings (SSSR count). The molecule has 0 saturated carbocycles. The first-order valence-electron chi connectivity index (χ1n) is 8.96. The highest BCUT2D eigenvalue weighted by Crippen LogP contribution is 2.23. The van der Waals surface area contributed by atoms with E-state index in [0.29, 0.717) is 6.54 Å². The quantitative estimate of drug-likeness (QED) is 0.598. The Labute approximate surface area is 147 Å². The van der Waals surface area contributed by atoms with Gasteiger partial charge in [-0.25, -0.2) is 4.79 Å². The van der Waals surface area contributed by atoms with Gasteiger partial charge in [-0.1, -0.05) is 30.4 Å². The maximum atomic E-state index is 12.2. The van der Waals surface area contributed by atoms with Crippen LogP contribution in [0.2, 0.25) is 0 Å². The van der Waals surface area contributed by atoms with E-state index in [1.165, 1.54) is 0 Å². The highest BCUT2D eigenvalue weighted by molar-refractivity contribution is 5.75. The largest absolute Gasteiger partial charge is 0.338 e. The molecule has 0 aliphatic rings. The predicted molar refractivity (Wildman–Crippen MR) is 102 cm³/mol. The summed E-state index contributed by atoms with van der Waals surface area (Å²) in [5.41, 5.74) is 2.77. The summed E-state index contributed by atoms with van der Waals surface area (Å²) in [7, 11) is 0. The molecule has 3 N–H and O–H groups in total. The molecule has 0 aliphatic carbocycles. The Hall–Kier alpha value is -1.81. The minimum absolute atomic E-state index is 0.115. The van der Waals surface area contributed by atoms with Gasteiger partial charge in [0.1, 0.15) is 0 Å². The van der Waals surface area contributed by atoms with Crippen LogP contribution < -0.4 is 15.5 Å². The van der Waals surface area contributed by atoms with Crippen LogP contribution in [0, 0.1) is 0 Å². The number of rotatable bonds is 9. The summed E-state index contributed by atoms with van der Waals surface area (Å²) in [5.74, 6) is 0. The zero-order valence-electron chi connectivity index (χ0n) is 16.0. The van der Waals surface area contributed by atoms with Crippen LogP contribution in [0.3, 0.4) is 0 Å². The van der Waals surface area contributed by atoms with Gasteiger partial charge in [-0.05, 0) is 51.8 Å². The topological polar surface area (TPSA) is 45.6 Å². The lowest BCUT2D eigenvalue weighted by atomic mass is 9.92. The maximum Gasteiger partial charge on any atom is 0.315 e. The number of carbonyl (C=O) groups is 1. The first-order valence-corrected chi connectivity index (χ1v) is 8.96. The van der Waals surface area contributed by atoms with Gasteiger partial charge in [0.25, 0.3) is 0 Å². The number of benzene rings is 1. The summed E-state index contributed by atoms with van der Waals surface area (Å²) in [4.78, 5) is 13.8. The van der Waals surface area contributed by atoms with Crippen molar-refractivity contribution in [3.05, 3.63) is 42.0 Å². The van der Waals surface area contributed by atoms with Gasteiger partial charge in [0.2, 0.25) is 0 Å². The van der Waals surface area contributed by atoms with E-state index >= 15 is 0 Å². The normalized spacial score (nSPS) is 11.4. The molecule has 0 saturated heterocycles. The van der Waals surface area contributed by atoms with Crippen LogP contribution in [0.1, 0.15) is 52.2 Å². The van der Waals surface area contributed by atoms with Crippen molar-refractivity contribution >= 4 is 11.6 Å². The lowest BCUT2D eigenvalue weighted by Crippen LogP contribution is -3.11. The number of urea groups is 1. The lowest BCUT2D eigenvalue weighted by molar-refractivity contribution is -0.896. The van der Waals surface area contributed by atoms with E-state index in [4.69, 9.17) is 0 Å². The predicted octanol–water partition coefficient (Wildman–Crippen LogP) is 2.57. The SMILES string of the molecule is C=C(C)c1cccc(C(C)(C)NC(=O)NCCC[NH+](CC)CC)c1. The van der Waals surface area contributed by atoms with Gasteiger partial charge in [-0.15, -0.1) is 0 Å². The molecule has 24 heavy (non-hydrogen) atoms. The van der Waals surface area contributed by atoms with E-state index in [-0.39, 0.29) is 6.03 Å². The Morgan fingerprint density at radius 1 is 1.25 bits per heavy atom. The summed E-state index contributed by atoms with van der Waals surface area (Å²) >= 11 is 0. The second-order valence-electron chi connectivity index (χ2n) is 6.93. The number of hydrogen-bond donors (Lipinski definition) is 3. The molecule has 0 unspecified atom stereocenters. The molecule has 4 heteroatoms. The van der Waals surface area contributed by atoms with E-state index in [1.807, 2.05) is 39.0 Å². The van der Waals surface area contributed by atoms with Crippen molar-refractivity contribution in [2.75, 3.05) is 26.2 Å². The van der Waals surface area contributed by atoms with Gasteiger partial charge in [-0.2, -0.15) is 0 Å². The van der Waals surface area contributed by atoms with Gasteiger partial charge >= 0.3 is 6.03 Å². The van der Waals surface area contributed by atoms with E-state index in [2.05, 4.69) is 37.1 Å². The number of nitrogens with one attached hydrogen (secondary N) is 3. The lowest BCUT2D eigenvalue weighted by Gasteiger charge is -2.27. The van der Waals surface area contributed by atoms with Crippen molar-refractivity contribution < 1.29 is 9.69 Å². The molecule has 0 spiro atoms. The molecule has 0 atom stereocenters. The molecule has 0 fully saturated rings. The average Bonchev–Trinajstić information content (AvgIpc) is 2.54. The van der Waals surface area contributed by atoms with Gasteiger partial charge in [0.05, 0.1) is 25.2 Å². The van der Waals surface area contributed by atoms with Crippen LogP contribution in [-0.4, -0.2) is 32.2 Å². The van der Waals surface area contributed by atoms with Crippen LogP contribution >= 0.6 is 0 Å². The molecule has 0 bridgehead atoms. The number of allylic oxidation sites excluding steroid dienone is 1. The summed E-state index contributed by atoms with van der Waals surface area (Å²) in [6.07, 6.45) is 0.996. The molecule has 2 amide bonds. The standard InChI is InChI=1S/C20H33N3O/c1-7-23(8-2)14-10-13-21-19(24)22-20(5,6)18-12-9-11-17(15-18)16(3)4/h9,11-12,15H,3,7-8,10,13-14H2,1-2,4-6H3,(H2,21,22,24)/p+1. The zero-order chi connectivity index (χ0) is 18.2. The molecular weight excluding hydrogens is 298 g/mol. The summed E-state index contributed by atoms with van der Waals surface area (Å²) in [6, 6.07) is 8.06. The maximum absolute atomic E-state index is 12.2. The van der Waals surface area contributed by atoms with Crippen molar-refractivity contribution in [1.82, 2.24) is 10.6 Å². The van der Waals surface area contributed by atoms with E-state index in [9.17, 15) is 4.79 Å². The first-order chi connectivity index (χ1) is 11.3. The van der Waals surface area contributed by atoms with E-state index < -0.39 is 5.54 Å². The molecule has 4 nitrogen and oxygen atoms in total. The monoisotopic (exact) mass is 332 g/mol. The highest BCUT2D eigenvalue weighted by Gasteiger charge is 2.23. The third kappa shape index (κ3) is 6.36. The average molecular weight is 333 g/mol. The molecule has 1 aromatic rings. The fourth-order valence-electron chi connectivity index (χ4n) is 2.72. The second-order valence-corrected chi connectivity index (χ2v) is 6.93. The number of quaternary nitrogens is 1. The Morgan fingerprint density at radius 3 is 2.50 bits per heavy atom. The number of hydrogen-bond acceptors (Lipinski definition) is 1. The van der Waals surface area contributed by atoms with Crippen molar-refractivity contribution in [2.45, 2.75) is 46.6 Å². The Morgan fingerprint density at radius 2 is 1.92 bits per heavy atom. The summed E-state index contributed by atoms with van der Waals surface area (Å²) in [6.45, 7) is 18.5.